The van der Waals surface area contributed by atoms with Crippen molar-refractivity contribution in [3.05, 3.63) is 0 Å². The summed E-state index contributed by atoms with van der Waals surface area (Å²) in [7, 11) is -4.61. The summed E-state index contributed by atoms with van der Waals surface area (Å²) in [6.45, 7) is 0. The molecule has 0 aliphatic rings. The van der Waals surface area contributed by atoms with Crippen LogP contribution in [0.5, 0.6) is 0 Å². The van der Waals surface area contributed by atoms with Crippen molar-refractivity contribution in [2.24, 2.45) is 0 Å². The summed E-state index contributed by atoms with van der Waals surface area (Å²) in [5.41, 5.74) is 0. The summed E-state index contributed by atoms with van der Waals surface area (Å²) >= 11 is 0. The van der Waals surface area contributed by atoms with E-state index in [0.29, 0.717) is 0 Å². The fourth-order valence-corrected chi connectivity index (χ4v) is 0. The minimum atomic E-state index is -4.61. The van der Waals surface area contributed by atoms with Crippen molar-refractivity contribution in [3.63, 3.8) is 0 Å². The van der Waals surface area contributed by atoms with E-state index in [9.17, 15) is 0 Å². The summed E-state index contributed by atoms with van der Waals surface area (Å²) in [6.07, 6.45) is 0. The second-order valence-corrected chi connectivity index (χ2v) is 1.80. The van der Waals surface area contributed by atoms with Gasteiger partial charge in [0.1, 0.15) is 0 Å². The first-order valence-corrected chi connectivity index (χ1v) is 2.68. The summed E-state index contributed by atoms with van der Waals surface area (Å²) < 4.78 is 0. The number of hydrogen-bond acceptors (Lipinski definition) is 4. The molecule has 0 aliphatic heterocycles. The van der Waals surface area contributed by atoms with Gasteiger partial charge >= 0.3 is 46.8 Å². The Kier molecular flexibility index (Phi) is 26.6. The third-order valence-corrected chi connectivity index (χ3v) is 0. The summed E-state index contributed by atoms with van der Waals surface area (Å²) in [5.74, 6) is 0. The summed E-state index contributed by atoms with van der Waals surface area (Å²) in [4.78, 5) is 29.3. The third-order valence-electron chi connectivity index (χ3n) is 0. The van der Waals surface area contributed by atoms with Crippen molar-refractivity contribution in [1.82, 2.24) is 0 Å². The first-order chi connectivity index (χ1) is 2.00. The van der Waals surface area contributed by atoms with Gasteiger partial charge in [-0.3, -0.25) is 0 Å². The third kappa shape index (κ3) is 77.4. The van der Waals surface area contributed by atoms with E-state index in [-0.39, 0.29) is 77.4 Å². The summed E-state index contributed by atoms with van der Waals surface area (Å²) in [6, 6.07) is 0. The molecule has 0 amide bonds. The van der Waals surface area contributed by atoms with Crippen LogP contribution < -0.4 is 0 Å². The van der Waals surface area contributed by atoms with E-state index in [2.05, 4.69) is 0 Å². The molecule has 4 N–H and O–H groups in total. The average Bonchev–Trinajstić information content (AvgIpc) is 0.722. The molecule has 0 bridgehead atoms. The van der Waals surface area contributed by atoms with E-state index in [1.165, 1.54) is 0 Å². The minimum Gasteiger partial charge on any atom is -1.00 e. The zero-order valence-corrected chi connectivity index (χ0v) is 9.88. The molecule has 0 aromatic carbocycles. The van der Waals surface area contributed by atoms with Crippen LogP contribution in [-0.2, 0) is 19.5 Å². The number of hydrogen-bond donors (Lipinski definition) is 4. The Labute approximate surface area is 104 Å². The molecule has 0 unspecified atom stereocenters. The predicted molar refractivity (Wildman–Crippen MR) is 32.5 cm³/mol. The Bertz CT molecular complexity index is 38.7. The van der Waals surface area contributed by atoms with Gasteiger partial charge in [0.2, 0.25) is 0 Å². The van der Waals surface area contributed by atoms with Crippen LogP contribution in [0.2, 0.25) is 0 Å². The first-order valence-electron chi connectivity index (χ1n) is 0.894. The fourth-order valence-electron chi connectivity index (χ4n) is 0. The molecule has 0 aliphatic carbocycles. The fraction of sp³-hybridized carbons (Fsp3) is 0. The number of rotatable bonds is 0. The summed E-state index contributed by atoms with van der Waals surface area (Å²) in [5, 5.41) is 0. The molecule has 0 rings (SSSR count). The van der Waals surface area contributed by atoms with Crippen LogP contribution in [0.4, 0.5) is 0 Å². The quantitative estimate of drug-likeness (QED) is 0.322. The zero-order chi connectivity index (χ0) is 4.50. The van der Waals surface area contributed by atoms with Gasteiger partial charge in [-0.2, -0.15) is 0 Å². The molecule has 0 fully saturated rings. The molecule has 0 heterocycles. The van der Waals surface area contributed by atoms with E-state index in [0.717, 1.165) is 0 Å². The van der Waals surface area contributed by atoms with Gasteiger partial charge in [0, 0.05) is 19.5 Å². The van der Waals surface area contributed by atoms with Crippen molar-refractivity contribution in [3.8, 4) is 0 Å². The maximum atomic E-state index is 7.33. The molecule has 0 saturated heterocycles. The van der Waals surface area contributed by atoms with Crippen molar-refractivity contribution >= 4 is 64.1 Å². The van der Waals surface area contributed by atoms with Crippen LogP contribution in [0.1, 0.15) is 2.85 Å². The van der Waals surface area contributed by atoms with Crippen molar-refractivity contribution in [2.45, 2.75) is 0 Å². The molecule has 0 radical (unpaired) electrons. The first kappa shape index (κ1) is 22.4. The topological polar surface area (TPSA) is 80.9 Å². The molecule has 0 atom stereocenters. The Morgan fingerprint density at radius 3 is 1.00 bits per heavy atom. The molecular formula is H9AlCaO4SiZn. The van der Waals surface area contributed by atoms with Crippen molar-refractivity contribution in [1.29, 1.82) is 0 Å². The van der Waals surface area contributed by atoms with Crippen LogP contribution in [-0.4, -0.2) is 83.3 Å². The smallest absolute Gasteiger partial charge is 1.00 e. The van der Waals surface area contributed by atoms with Crippen molar-refractivity contribution in [2.75, 3.05) is 0 Å². The van der Waals surface area contributed by atoms with Gasteiger partial charge in [-0.05, 0) is 0 Å². The Balaban J connectivity index is -0.00000000800. The molecule has 4 nitrogen and oxygen atoms in total. The Morgan fingerprint density at radius 1 is 1.00 bits per heavy atom. The SMILES string of the molecule is O[Si](O)(O)O.[AlH3].[Ca+2].[H-].[H-].[Zn]. The van der Waals surface area contributed by atoms with Crippen LogP contribution in [0.25, 0.3) is 0 Å². The largest absolute Gasteiger partial charge is 2.00 e. The maximum absolute atomic E-state index is 7.33. The van der Waals surface area contributed by atoms with Gasteiger partial charge in [-0.15, -0.1) is 0 Å². The van der Waals surface area contributed by atoms with Gasteiger partial charge in [0.15, 0.2) is 17.4 Å². The zero-order valence-electron chi connectivity index (χ0n) is 5.70. The van der Waals surface area contributed by atoms with Gasteiger partial charge in [0.05, 0.1) is 0 Å². The van der Waals surface area contributed by atoms with Gasteiger partial charge < -0.3 is 22.0 Å². The Hall–Kier alpha value is 2.47. The molecule has 44 valence electrons. The van der Waals surface area contributed by atoms with Crippen LogP contribution in [0, 0.1) is 0 Å². The molecule has 0 spiro atoms. The van der Waals surface area contributed by atoms with E-state index < -0.39 is 9.05 Å². The minimum absolute atomic E-state index is 0. The maximum Gasteiger partial charge on any atom is 2.00 e. The predicted octanol–water partition coefficient (Wildman–Crippen LogP) is -3.95. The van der Waals surface area contributed by atoms with E-state index in [1.807, 2.05) is 0 Å². The molecule has 0 aromatic rings. The monoisotopic (exact) mass is 232 g/mol. The molecule has 8 heteroatoms. The molecule has 0 aromatic heterocycles. The van der Waals surface area contributed by atoms with Crippen LogP contribution in [0.3, 0.4) is 0 Å². The average molecular weight is 234 g/mol. The normalized spacial score (nSPS) is 7.50. The standard InChI is InChI=1S/Al.Ca.H4O4Si.Zn.5H/c;;1-5(2,3)4;;;;;;/h;;1-4H;;;;;;/q;+2;;;;;;2*-1. The molecule has 0 saturated carbocycles. The van der Waals surface area contributed by atoms with Gasteiger partial charge in [-0.25, -0.2) is 0 Å². The second-order valence-electron chi connectivity index (χ2n) is 0.600. The second kappa shape index (κ2) is 9.47. The van der Waals surface area contributed by atoms with Crippen LogP contribution in [0.15, 0.2) is 0 Å². The van der Waals surface area contributed by atoms with E-state index >= 15 is 0 Å². The molecule has 8 heavy (non-hydrogen) atoms. The Morgan fingerprint density at radius 2 is 1.00 bits per heavy atom. The van der Waals surface area contributed by atoms with E-state index in [1.54, 1.807) is 0 Å². The van der Waals surface area contributed by atoms with E-state index in [4.69, 9.17) is 19.2 Å². The molecular weight excluding hydrogens is 225 g/mol. The van der Waals surface area contributed by atoms with Gasteiger partial charge in [0.25, 0.3) is 0 Å². The van der Waals surface area contributed by atoms with Gasteiger partial charge in [-0.1, -0.05) is 0 Å². The van der Waals surface area contributed by atoms with Crippen LogP contribution >= 0.6 is 0 Å². The van der Waals surface area contributed by atoms with Crippen molar-refractivity contribution < 1.29 is 41.5 Å².